The van der Waals surface area contributed by atoms with Gasteiger partial charge in [-0.3, -0.25) is 19.9 Å². The van der Waals surface area contributed by atoms with Gasteiger partial charge in [-0.15, -0.1) is 0 Å². The highest BCUT2D eigenvalue weighted by atomic mass is 32.1. The highest BCUT2D eigenvalue weighted by Gasteiger charge is 2.81. The molecular formula is C20H16F4N4O2S. The van der Waals surface area contributed by atoms with Gasteiger partial charge < -0.3 is 0 Å². The Hall–Kier alpha value is -3.08. The zero-order valence-corrected chi connectivity index (χ0v) is 16.9. The third-order valence-corrected chi connectivity index (χ3v) is 6.33. The van der Waals surface area contributed by atoms with Crippen LogP contribution in [0.1, 0.15) is 28.8 Å². The van der Waals surface area contributed by atoms with Crippen molar-refractivity contribution in [2.75, 3.05) is 7.05 Å². The summed E-state index contributed by atoms with van der Waals surface area (Å²) in [4.78, 5) is 29.8. The van der Waals surface area contributed by atoms with Gasteiger partial charge in [-0.2, -0.15) is 13.2 Å². The minimum absolute atomic E-state index is 0.217. The van der Waals surface area contributed by atoms with Crippen molar-refractivity contribution in [3.8, 4) is 0 Å². The minimum Gasteiger partial charge on any atom is -0.299 e. The molecule has 6 nitrogen and oxygen atoms in total. The fraction of sp³-hybridized carbons (Fsp3) is 0.300. The Morgan fingerprint density at radius 3 is 2.48 bits per heavy atom. The number of halogens is 4. The van der Waals surface area contributed by atoms with Crippen LogP contribution in [0, 0.1) is 5.82 Å². The molecule has 2 heterocycles. The van der Waals surface area contributed by atoms with Crippen molar-refractivity contribution in [1.29, 1.82) is 0 Å². The Labute approximate surface area is 179 Å². The first-order chi connectivity index (χ1) is 14.6. The lowest BCUT2D eigenvalue weighted by Gasteiger charge is -2.60. The molecule has 1 aromatic heterocycles. The van der Waals surface area contributed by atoms with Crippen molar-refractivity contribution in [2.24, 2.45) is 0 Å². The third kappa shape index (κ3) is 2.68. The Morgan fingerprint density at radius 1 is 1.23 bits per heavy atom. The van der Waals surface area contributed by atoms with Gasteiger partial charge in [-0.05, 0) is 48.8 Å². The Morgan fingerprint density at radius 2 is 1.94 bits per heavy atom. The van der Waals surface area contributed by atoms with Crippen LogP contribution >= 0.6 is 12.2 Å². The molecule has 31 heavy (non-hydrogen) atoms. The van der Waals surface area contributed by atoms with Gasteiger partial charge in [0.05, 0.1) is 5.56 Å². The Kier molecular flexibility index (Phi) is 4.76. The summed E-state index contributed by atoms with van der Waals surface area (Å²) in [7, 11) is 1.16. The van der Waals surface area contributed by atoms with Crippen LogP contribution in [-0.2, 0) is 10.2 Å². The second kappa shape index (κ2) is 6.98. The molecule has 1 spiro atoms. The lowest BCUT2D eigenvalue weighted by molar-refractivity contribution is -0.264. The fourth-order valence-electron chi connectivity index (χ4n) is 4.56. The van der Waals surface area contributed by atoms with Crippen molar-refractivity contribution in [3.05, 3.63) is 65.7 Å². The molecule has 1 aliphatic carbocycles. The second-order valence-electron chi connectivity index (χ2n) is 7.38. The van der Waals surface area contributed by atoms with Gasteiger partial charge in [0.25, 0.3) is 11.8 Å². The van der Waals surface area contributed by atoms with E-state index in [1.807, 2.05) is 0 Å². The minimum atomic E-state index is -4.87. The van der Waals surface area contributed by atoms with Crippen LogP contribution in [0.2, 0.25) is 0 Å². The summed E-state index contributed by atoms with van der Waals surface area (Å²) in [5.74, 6) is -2.76. The van der Waals surface area contributed by atoms with E-state index < -0.39 is 41.2 Å². The fourth-order valence-corrected chi connectivity index (χ4v) is 4.93. The van der Waals surface area contributed by atoms with Crippen molar-refractivity contribution < 1.29 is 27.2 Å². The van der Waals surface area contributed by atoms with Crippen LogP contribution in [0.25, 0.3) is 0 Å². The highest BCUT2D eigenvalue weighted by molar-refractivity contribution is 7.80. The van der Waals surface area contributed by atoms with E-state index in [2.05, 4.69) is 10.3 Å². The van der Waals surface area contributed by atoms with Crippen LogP contribution in [0.15, 0.2) is 48.8 Å². The third-order valence-electron chi connectivity index (χ3n) is 6.05. The number of hydrogen-bond acceptors (Lipinski definition) is 4. The van der Waals surface area contributed by atoms with E-state index in [0.29, 0.717) is 0 Å². The Balaban J connectivity index is 1.87. The number of rotatable bonds is 3. The number of carbonyl (C=O) groups excluding carboxylic acids is 2. The maximum absolute atomic E-state index is 14.6. The van der Waals surface area contributed by atoms with E-state index in [-0.39, 0.29) is 22.7 Å². The van der Waals surface area contributed by atoms with Crippen LogP contribution < -0.4 is 5.32 Å². The van der Waals surface area contributed by atoms with Gasteiger partial charge in [-0.1, -0.05) is 18.2 Å². The van der Waals surface area contributed by atoms with E-state index in [1.165, 1.54) is 36.5 Å². The largest absolute Gasteiger partial charge is 0.401 e. The molecule has 2 aromatic rings. The van der Waals surface area contributed by atoms with Crippen LogP contribution in [0.3, 0.4) is 0 Å². The number of nitrogens with one attached hydrogen (secondary N) is 1. The number of nitrogens with zero attached hydrogens (tertiary/aromatic N) is 3. The quantitative estimate of drug-likeness (QED) is 0.573. The number of hydrogen-bond donors (Lipinski definition) is 1. The van der Waals surface area contributed by atoms with Gasteiger partial charge in [0.1, 0.15) is 11.2 Å². The molecule has 1 saturated carbocycles. The van der Waals surface area contributed by atoms with Crippen molar-refractivity contribution in [2.45, 2.75) is 30.0 Å². The van der Waals surface area contributed by atoms with Crippen molar-refractivity contribution >= 4 is 29.1 Å². The first-order valence-electron chi connectivity index (χ1n) is 9.23. The van der Waals surface area contributed by atoms with Crippen molar-refractivity contribution in [1.82, 2.24) is 20.3 Å². The summed E-state index contributed by atoms with van der Waals surface area (Å²) in [6.07, 6.45) is -3.12. The SMILES string of the molecule is CN(C(=O)c1ccccc1F)N1C(=S)NC(=O)C12CCC2(c1cccnc1)C(F)(F)F. The maximum Gasteiger partial charge on any atom is 0.401 e. The molecule has 1 aromatic carbocycles. The zero-order chi connectivity index (χ0) is 22.6. The van der Waals surface area contributed by atoms with E-state index in [1.54, 1.807) is 0 Å². The van der Waals surface area contributed by atoms with E-state index in [0.717, 1.165) is 29.3 Å². The van der Waals surface area contributed by atoms with Crippen molar-refractivity contribution in [3.63, 3.8) is 0 Å². The summed E-state index contributed by atoms with van der Waals surface area (Å²) in [5.41, 5.74) is -5.49. The molecule has 2 aliphatic rings. The number of benzene rings is 1. The predicted molar refractivity (Wildman–Crippen MR) is 105 cm³/mol. The van der Waals surface area contributed by atoms with Gasteiger partial charge in [0.2, 0.25) is 0 Å². The number of pyridine rings is 1. The molecule has 1 N–H and O–H groups in total. The molecule has 2 fully saturated rings. The maximum atomic E-state index is 14.6. The number of thiocarbonyl (C=S) groups is 1. The summed E-state index contributed by atoms with van der Waals surface area (Å²) in [6, 6.07) is 7.65. The molecule has 0 radical (unpaired) electrons. The summed E-state index contributed by atoms with van der Waals surface area (Å²) < 4.78 is 58.1. The molecule has 1 saturated heterocycles. The summed E-state index contributed by atoms with van der Waals surface area (Å²) in [5, 5.41) is 3.51. The lowest BCUT2D eigenvalue weighted by Crippen LogP contribution is -2.78. The number of carbonyl (C=O) groups is 2. The molecule has 2 atom stereocenters. The smallest absolute Gasteiger partial charge is 0.299 e. The van der Waals surface area contributed by atoms with Crippen LogP contribution in [0.5, 0.6) is 0 Å². The van der Waals surface area contributed by atoms with Gasteiger partial charge in [-0.25, -0.2) is 14.4 Å². The number of alkyl halides is 3. The topological polar surface area (TPSA) is 65.5 Å². The predicted octanol–water partition coefficient (Wildman–Crippen LogP) is 2.96. The average molecular weight is 452 g/mol. The number of hydrazine groups is 1. The van der Waals surface area contributed by atoms with Gasteiger partial charge in [0, 0.05) is 19.4 Å². The monoisotopic (exact) mass is 452 g/mol. The molecule has 0 bridgehead atoms. The number of amides is 2. The highest BCUT2D eigenvalue weighted by Crippen LogP contribution is 2.64. The average Bonchev–Trinajstić information content (AvgIpc) is 2.98. The van der Waals surface area contributed by atoms with Gasteiger partial charge >= 0.3 is 6.18 Å². The zero-order valence-electron chi connectivity index (χ0n) is 16.1. The summed E-state index contributed by atoms with van der Waals surface area (Å²) >= 11 is 5.14. The van der Waals surface area contributed by atoms with Crippen LogP contribution in [0.4, 0.5) is 17.6 Å². The summed E-state index contributed by atoms with van der Waals surface area (Å²) in [6.45, 7) is 0. The first-order valence-corrected chi connectivity index (χ1v) is 9.64. The first kappa shape index (κ1) is 21.2. The molecule has 1 aliphatic heterocycles. The molecule has 4 rings (SSSR count). The van der Waals surface area contributed by atoms with E-state index in [4.69, 9.17) is 12.2 Å². The molecule has 2 amide bonds. The lowest BCUT2D eigenvalue weighted by atomic mass is 9.50. The molecular weight excluding hydrogens is 436 g/mol. The molecule has 2 unspecified atom stereocenters. The van der Waals surface area contributed by atoms with E-state index in [9.17, 15) is 27.2 Å². The Bertz CT molecular complexity index is 1080. The van der Waals surface area contributed by atoms with Crippen LogP contribution in [-0.4, -0.2) is 50.7 Å². The normalized spacial score (nSPS) is 25.4. The van der Waals surface area contributed by atoms with E-state index >= 15 is 0 Å². The molecule has 11 heteroatoms. The standard InChI is InChI=1S/C20H16F4N4O2S/c1-27(15(29)13-6-2-3-7-14(13)21)28-17(31)26-16(30)19(28)9-8-18(19,20(22,23)24)12-5-4-10-25-11-12/h2-7,10-11H,8-9H2,1H3,(H,26,30,31). The molecule has 162 valence electrons. The second-order valence-corrected chi connectivity index (χ2v) is 7.77. The number of aromatic nitrogens is 1. The van der Waals surface area contributed by atoms with Gasteiger partial charge in [0.15, 0.2) is 10.7 Å².